The number of hydrogen-bond donors (Lipinski definition) is 3. The van der Waals surface area contributed by atoms with E-state index in [9.17, 15) is 14.4 Å². The molecule has 98 valence electrons. The predicted molar refractivity (Wildman–Crippen MR) is 69.4 cm³/mol. The van der Waals surface area contributed by atoms with Crippen LogP contribution in [0.4, 0.5) is 4.79 Å². The monoisotopic (exact) mass is 300 g/mol. The van der Waals surface area contributed by atoms with Crippen LogP contribution < -0.4 is 16.6 Å². The zero-order chi connectivity index (χ0) is 14.2. The minimum Gasteiger partial charge on any atom is -0.351 e. The number of amides is 3. The van der Waals surface area contributed by atoms with Gasteiger partial charge in [0.1, 0.15) is 0 Å². The molecule has 0 bridgehead atoms. The molecule has 1 heterocycles. The number of hydrogen-bond acceptors (Lipinski definition) is 4. The van der Waals surface area contributed by atoms with Crippen LogP contribution in [0.5, 0.6) is 0 Å². The maximum absolute atomic E-state index is 11.6. The smallest absolute Gasteiger partial charge is 0.319 e. The van der Waals surface area contributed by atoms with Crippen molar-refractivity contribution in [2.75, 3.05) is 0 Å². The summed E-state index contributed by atoms with van der Waals surface area (Å²) in [6.45, 7) is 0. The fraction of sp³-hybridized carbons (Fsp3) is 0. The van der Waals surface area contributed by atoms with E-state index >= 15 is 0 Å². The van der Waals surface area contributed by atoms with Gasteiger partial charge in [0.2, 0.25) is 0 Å². The Bertz CT molecular complexity index is 756. The number of urea groups is 1. The zero-order valence-corrected chi connectivity index (χ0v) is 10.7. The van der Waals surface area contributed by atoms with Crippen molar-refractivity contribution >= 4 is 46.2 Å². The van der Waals surface area contributed by atoms with Gasteiger partial charge in [-0.15, -0.1) is 0 Å². The van der Waals surface area contributed by atoms with Gasteiger partial charge >= 0.3 is 6.03 Å². The number of halogens is 2. The van der Waals surface area contributed by atoms with Gasteiger partial charge in [-0.25, -0.2) is 9.78 Å². The first kappa shape index (κ1) is 13.3. The molecule has 0 fully saturated rings. The highest BCUT2D eigenvalue weighted by Crippen LogP contribution is 2.25. The number of aromatic amines is 1. The molecule has 0 aliphatic rings. The van der Waals surface area contributed by atoms with Crippen molar-refractivity contribution in [1.82, 2.24) is 15.3 Å². The Hall–Kier alpha value is -2.12. The third-order valence-electron chi connectivity index (χ3n) is 2.19. The molecule has 3 amide bonds. The van der Waals surface area contributed by atoms with E-state index in [0.29, 0.717) is 5.52 Å². The van der Waals surface area contributed by atoms with Crippen LogP contribution in [0.2, 0.25) is 10.0 Å². The normalized spacial score (nSPS) is 10.4. The summed E-state index contributed by atoms with van der Waals surface area (Å²) in [5.74, 6) is -0.998. The standard InChI is InChI=1S/C10H6Cl2N4O3/c11-3-1-5-6(2-4(3)12)15-8(17)7(14-5)9(18)16-10(13)19/h1-2H,(H,15,17)(H3,13,16,18,19). The Kier molecular flexibility index (Phi) is 3.41. The van der Waals surface area contributed by atoms with Gasteiger partial charge in [-0.05, 0) is 12.1 Å². The summed E-state index contributed by atoms with van der Waals surface area (Å²) < 4.78 is 0. The second kappa shape index (κ2) is 4.87. The van der Waals surface area contributed by atoms with E-state index in [0.717, 1.165) is 0 Å². The van der Waals surface area contributed by atoms with Gasteiger partial charge in [-0.1, -0.05) is 23.2 Å². The van der Waals surface area contributed by atoms with E-state index in [1.807, 2.05) is 0 Å². The average molecular weight is 301 g/mol. The average Bonchev–Trinajstić information content (AvgIpc) is 2.29. The summed E-state index contributed by atoms with van der Waals surface area (Å²) in [6.07, 6.45) is 0. The zero-order valence-electron chi connectivity index (χ0n) is 9.16. The quantitative estimate of drug-likeness (QED) is 0.729. The van der Waals surface area contributed by atoms with E-state index in [1.165, 1.54) is 12.1 Å². The first-order valence-electron chi connectivity index (χ1n) is 4.88. The molecule has 0 spiro atoms. The topological polar surface area (TPSA) is 118 Å². The largest absolute Gasteiger partial charge is 0.351 e. The molecule has 0 aliphatic heterocycles. The minimum atomic E-state index is -1.08. The summed E-state index contributed by atoms with van der Waals surface area (Å²) in [5.41, 5.74) is 4.09. The number of fused-ring (bicyclic) bond motifs is 1. The van der Waals surface area contributed by atoms with E-state index < -0.39 is 23.2 Å². The van der Waals surface area contributed by atoms with Crippen LogP contribution in [-0.4, -0.2) is 21.9 Å². The van der Waals surface area contributed by atoms with Crippen molar-refractivity contribution < 1.29 is 9.59 Å². The number of imide groups is 1. The molecule has 2 aromatic rings. The van der Waals surface area contributed by atoms with Crippen molar-refractivity contribution in [2.45, 2.75) is 0 Å². The second-order valence-electron chi connectivity index (χ2n) is 3.52. The summed E-state index contributed by atoms with van der Waals surface area (Å²) in [5, 5.41) is 2.20. The van der Waals surface area contributed by atoms with Crippen LogP contribution in [0, 0.1) is 0 Å². The van der Waals surface area contributed by atoms with Crippen LogP contribution in [-0.2, 0) is 0 Å². The highest BCUT2D eigenvalue weighted by atomic mass is 35.5. The van der Waals surface area contributed by atoms with Crippen LogP contribution in [0.15, 0.2) is 16.9 Å². The third-order valence-corrected chi connectivity index (χ3v) is 2.91. The number of carbonyl (C=O) groups is 2. The lowest BCUT2D eigenvalue weighted by molar-refractivity contribution is 0.0960. The number of benzene rings is 1. The number of nitrogens with one attached hydrogen (secondary N) is 2. The van der Waals surface area contributed by atoms with E-state index in [-0.39, 0.29) is 15.6 Å². The number of carbonyl (C=O) groups excluding carboxylic acids is 2. The van der Waals surface area contributed by atoms with Crippen LogP contribution in [0.1, 0.15) is 10.5 Å². The molecule has 9 heteroatoms. The number of primary amides is 1. The summed E-state index contributed by atoms with van der Waals surface area (Å²) in [4.78, 5) is 40.0. The molecular weight excluding hydrogens is 295 g/mol. The van der Waals surface area contributed by atoms with Crippen LogP contribution in [0.3, 0.4) is 0 Å². The molecule has 0 aliphatic carbocycles. The molecule has 0 unspecified atom stereocenters. The second-order valence-corrected chi connectivity index (χ2v) is 4.33. The van der Waals surface area contributed by atoms with Gasteiger partial charge in [0.05, 0.1) is 21.1 Å². The Balaban J connectivity index is 2.61. The first-order valence-corrected chi connectivity index (χ1v) is 5.64. The first-order chi connectivity index (χ1) is 8.88. The maximum Gasteiger partial charge on any atom is 0.319 e. The summed E-state index contributed by atoms with van der Waals surface area (Å²) in [6, 6.07) is 1.71. The van der Waals surface area contributed by atoms with Crippen molar-refractivity contribution in [1.29, 1.82) is 0 Å². The van der Waals surface area contributed by atoms with Crippen LogP contribution in [0.25, 0.3) is 11.0 Å². The fourth-order valence-corrected chi connectivity index (χ4v) is 1.73. The summed E-state index contributed by atoms with van der Waals surface area (Å²) in [7, 11) is 0. The van der Waals surface area contributed by atoms with Crippen molar-refractivity contribution in [3.63, 3.8) is 0 Å². The lowest BCUT2D eigenvalue weighted by Gasteiger charge is -2.03. The van der Waals surface area contributed by atoms with Gasteiger partial charge in [0.25, 0.3) is 11.5 Å². The lowest BCUT2D eigenvalue weighted by atomic mass is 10.3. The van der Waals surface area contributed by atoms with Crippen molar-refractivity contribution in [3.8, 4) is 0 Å². The Labute approximate surface area is 115 Å². The fourth-order valence-electron chi connectivity index (χ4n) is 1.41. The summed E-state index contributed by atoms with van der Waals surface area (Å²) >= 11 is 11.6. The van der Waals surface area contributed by atoms with Crippen LogP contribution >= 0.6 is 23.2 Å². The number of rotatable bonds is 1. The van der Waals surface area contributed by atoms with Gasteiger partial charge in [-0.2, -0.15) is 0 Å². The number of nitrogens with zero attached hydrogens (tertiary/aromatic N) is 1. The van der Waals surface area contributed by atoms with Crippen molar-refractivity contribution in [3.05, 3.63) is 38.2 Å². The molecule has 0 saturated carbocycles. The van der Waals surface area contributed by atoms with Gasteiger partial charge in [0.15, 0.2) is 5.69 Å². The molecular formula is C10H6Cl2N4O3. The molecule has 19 heavy (non-hydrogen) atoms. The molecule has 0 atom stereocenters. The van der Waals surface area contributed by atoms with Gasteiger partial charge in [0, 0.05) is 0 Å². The minimum absolute atomic E-state index is 0.218. The highest BCUT2D eigenvalue weighted by molar-refractivity contribution is 6.42. The number of nitrogens with two attached hydrogens (primary N) is 1. The molecule has 7 nitrogen and oxygen atoms in total. The van der Waals surface area contributed by atoms with Crippen molar-refractivity contribution in [2.24, 2.45) is 5.73 Å². The molecule has 1 aromatic heterocycles. The molecule has 0 radical (unpaired) electrons. The van der Waals surface area contributed by atoms with Gasteiger partial charge < -0.3 is 10.7 Å². The third kappa shape index (κ3) is 2.67. The number of H-pyrrole nitrogens is 1. The van der Waals surface area contributed by atoms with E-state index in [1.54, 1.807) is 5.32 Å². The molecule has 2 rings (SSSR count). The van der Waals surface area contributed by atoms with Gasteiger partial charge in [-0.3, -0.25) is 14.9 Å². The maximum atomic E-state index is 11.6. The SMILES string of the molecule is NC(=O)NC(=O)c1nc2cc(Cl)c(Cl)cc2[nH]c1=O. The van der Waals surface area contributed by atoms with E-state index in [4.69, 9.17) is 28.9 Å². The molecule has 4 N–H and O–H groups in total. The molecule has 0 saturated heterocycles. The highest BCUT2D eigenvalue weighted by Gasteiger charge is 2.16. The lowest BCUT2D eigenvalue weighted by Crippen LogP contribution is -2.38. The Morgan fingerprint density at radius 3 is 2.53 bits per heavy atom. The molecule has 1 aromatic carbocycles. The number of aromatic nitrogens is 2. The Morgan fingerprint density at radius 1 is 1.26 bits per heavy atom. The van der Waals surface area contributed by atoms with E-state index in [2.05, 4.69) is 9.97 Å². The Morgan fingerprint density at radius 2 is 1.89 bits per heavy atom. The predicted octanol–water partition coefficient (Wildman–Crippen LogP) is 1.04.